The van der Waals surface area contributed by atoms with E-state index in [0.717, 1.165) is 11.7 Å². The van der Waals surface area contributed by atoms with E-state index in [1.165, 1.54) is 24.8 Å². The molecular formula is C14H21NS. The summed E-state index contributed by atoms with van der Waals surface area (Å²) >= 11 is 2.04. The van der Waals surface area contributed by atoms with Gasteiger partial charge in [0.25, 0.3) is 0 Å². The predicted octanol–water partition coefficient (Wildman–Crippen LogP) is 3.44. The van der Waals surface area contributed by atoms with Gasteiger partial charge >= 0.3 is 0 Å². The third-order valence-corrected chi connectivity index (χ3v) is 4.88. The standard InChI is InChI=1S/C14H21NS/c1-11-7-8-13(15)14(9-11)16-10-12-5-3-2-4-6-12/h2-6,11,13-14H,7-10,15H2,1H3. The molecule has 1 aliphatic rings. The highest BCUT2D eigenvalue weighted by Crippen LogP contribution is 2.32. The highest BCUT2D eigenvalue weighted by molar-refractivity contribution is 7.99. The maximum Gasteiger partial charge on any atom is 0.0204 e. The van der Waals surface area contributed by atoms with Crippen molar-refractivity contribution in [2.24, 2.45) is 11.7 Å². The van der Waals surface area contributed by atoms with Crippen molar-refractivity contribution in [2.45, 2.75) is 43.2 Å². The first-order chi connectivity index (χ1) is 7.75. The van der Waals surface area contributed by atoms with Crippen LogP contribution >= 0.6 is 11.8 Å². The van der Waals surface area contributed by atoms with E-state index < -0.39 is 0 Å². The van der Waals surface area contributed by atoms with Crippen molar-refractivity contribution >= 4 is 11.8 Å². The molecule has 1 saturated carbocycles. The lowest BCUT2D eigenvalue weighted by Gasteiger charge is -2.32. The predicted molar refractivity (Wildman–Crippen MR) is 72.5 cm³/mol. The molecule has 2 rings (SSSR count). The van der Waals surface area contributed by atoms with Crippen LogP contribution in [0.3, 0.4) is 0 Å². The molecule has 1 nitrogen and oxygen atoms in total. The fourth-order valence-electron chi connectivity index (χ4n) is 2.32. The van der Waals surface area contributed by atoms with E-state index in [1.807, 2.05) is 11.8 Å². The van der Waals surface area contributed by atoms with Crippen LogP contribution in [0, 0.1) is 5.92 Å². The van der Waals surface area contributed by atoms with Crippen molar-refractivity contribution in [2.75, 3.05) is 0 Å². The molecule has 2 heteroatoms. The van der Waals surface area contributed by atoms with E-state index >= 15 is 0 Å². The van der Waals surface area contributed by atoms with E-state index in [2.05, 4.69) is 37.3 Å². The fourth-order valence-corrected chi connectivity index (χ4v) is 3.77. The van der Waals surface area contributed by atoms with Gasteiger partial charge < -0.3 is 5.73 Å². The Morgan fingerprint density at radius 2 is 2.00 bits per heavy atom. The summed E-state index contributed by atoms with van der Waals surface area (Å²) in [6.07, 6.45) is 3.80. The van der Waals surface area contributed by atoms with Crippen molar-refractivity contribution in [1.29, 1.82) is 0 Å². The van der Waals surface area contributed by atoms with Crippen LogP contribution in [0.4, 0.5) is 0 Å². The summed E-state index contributed by atoms with van der Waals surface area (Å²) in [6.45, 7) is 2.35. The van der Waals surface area contributed by atoms with Crippen molar-refractivity contribution in [3.05, 3.63) is 35.9 Å². The third-order valence-electron chi connectivity index (χ3n) is 3.41. The highest BCUT2D eigenvalue weighted by atomic mass is 32.2. The van der Waals surface area contributed by atoms with Gasteiger partial charge in [0.05, 0.1) is 0 Å². The Kier molecular flexibility index (Phi) is 4.30. The normalized spacial score (nSPS) is 30.2. The van der Waals surface area contributed by atoms with E-state index in [4.69, 9.17) is 5.73 Å². The molecule has 0 radical (unpaired) electrons. The van der Waals surface area contributed by atoms with Crippen LogP contribution in [-0.4, -0.2) is 11.3 Å². The van der Waals surface area contributed by atoms with Crippen molar-refractivity contribution < 1.29 is 0 Å². The molecule has 0 bridgehead atoms. The Balaban J connectivity index is 1.85. The maximum atomic E-state index is 6.18. The molecule has 88 valence electrons. The second-order valence-electron chi connectivity index (χ2n) is 4.92. The lowest BCUT2D eigenvalue weighted by Crippen LogP contribution is -2.37. The molecule has 0 spiro atoms. The summed E-state index contributed by atoms with van der Waals surface area (Å²) in [7, 11) is 0. The van der Waals surface area contributed by atoms with Crippen LogP contribution in [0.1, 0.15) is 31.7 Å². The van der Waals surface area contributed by atoms with Gasteiger partial charge in [-0.3, -0.25) is 0 Å². The zero-order valence-electron chi connectivity index (χ0n) is 9.93. The molecule has 1 aromatic carbocycles. The fraction of sp³-hybridized carbons (Fsp3) is 0.571. The van der Waals surface area contributed by atoms with E-state index in [9.17, 15) is 0 Å². The van der Waals surface area contributed by atoms with Gasteiger partial charge in [-0.25, -0.2) is 0 Å². The maximum absolute atomic E-state index is 6.18. The Hall–Kier alpha value is -0.470. The van der Waals surface area contributed by atoms with Gasteiger partial charge in [-0.15, -0.1) is 0 Å². The first-order valence-electron chi connectivity index (χ1n) is 6.17. The van der Waals surface area contributed by atoms with E-state index in [-0.39, 0.29) is 0 Å². The molecule has 1 aliphatic carbocycles. The first-order valence-corrected chi connectivity index (χ1v) is 7.21. The summed E-state index contributed by atoms with van der Waals surface area (Å²) in [4.78, 5) is 0. The largest absolute Gasteiger partial charge is 0.327 e. The Labute approximate surface area is 103 Å². The van der Waals surface area contributed by atoms with Crippen molar-refractivity contribution in [3.8, 4) is 0 Å². The molecule has 3 unspecified atom stereocenters. The van der Waals surface area contributed by atoms with Gasteiger partial charge in [0.15, 0.2) is 0 Å². The summed E-state index contributed by atoms with van der Waals surface area (Å²) in [5.74, 6) is 1.96. The topological polar surface area (TPSA) is 26.0 Å². The SMILES string of the molecule is CC1CCC(N)C(SCc2ccccc2)C1. The lowest BCUT2D eigenvalue weighted by atomic mass is 9.87. The number of hydrogen-bond acceptors (Lipinski definition) is 2. The molecule has 0 heterocycles. The van der Waals surface area contributed by atoms with Crippen molar-refractivity contribution in [3.63, 3.8) is 0 Å². The van der Waals surface area contributed by atoms with Gasteiger partial charge in [-0.1, -0.05) is 37.3 Å². The molecule has 0 amide bonds. The molecule has 1 aromatic rings. The van der Waals surface area contributed by atoms with Crippen LogP contribution in [0.5, 0.6) is 0 Å². The smallest absolute Gasteiger partial charge is 0.0204 e. The Morgan fingerprint density at radius 1 is 1.25 bits per heavy atom. The monoisotopic (exact) mass is 235 g/mol. The Morgan fingerprint density at radius 3 is 2.75 bits per heavy atom. The number of rotatable bonds is 3. The second-order valence-corrected chi connectivity index (χ2v) is 6.14. The minimum Gasteiger partial charge on any atom is -0.327 e. The molecule has 2 N–H and O–H groups in total. The molecule has 0 aromatic heterocycles. The second kappa shape index (κ2) is 5.74. The van der Waals surface area contributed by atoms with Gasteiger partial charge in [0, 0.05) is 17.0 Å². The summed E-state index contributed by atoms with van der Waals surface area (Å²) in [5.41, 5.74) is 7.60. The number of nitrogens with two attached hydrogens (primary N) is 1. The highest BCUT2D eigenvalue weighted by Gasteiger charge is 2.25. The van der Waals surface area contributed by atoms with Crippen LogP contribution in [-0.2, 0) is 5.75 Å². The molecular weight excluding hydrogens is 214 g/mol. The minimum absolute atomic E-state index is 0.407. The molecule has 3 atom stereocenters. The minimum atomic E-state index is 0.407. The van der Waals surface area contributed by atoms with Crippen LogP contribution in [0.25, 0.3) is 0 Å². The van der Waals surface area contributed by atoms with E-state index in [0.29, 0.717) is 11.3 Å². The molecule has 0 saturated heterocycles. The summed E-state index contributed by atoms with van der Waals surface area (Å²) < 4.78 is 0. The van der Waals surface area contributed by atoms with Crippen LogP contribution in [0.2, 0.25) is 0 Å². The van der Waals surface area contributed by atoms with Gasteiger partial charge in [0.2, 0.25) is 0 Å². The quantitative estimate of drug-likeness (QED) is 0.868. The van der Waals surface area contributed by atoms with Gasteiger partial charge in [0.1, 0.15) is 0 Å². The summed E-state index contributed by atoms with van der Waals surface area (Å²) in [6, 6.07) is 11.1. The van der Waals surface area contributed by atoms with Gasteiger partial charge in [-0.05, 0) is 30.7 Å². The number of thioether (sulfide) groups is 1. The zero-order chi connectivity index (χ0) is 11.4. The number of hydrogen-bond donors (Lipinski definition) is 1. The molecule has 16 heavy (non-hydrogen) atoms. The molecule has 1 fully saturated rings. The lowest BCUT2D eigenvalue weighted by molar-refractivity contribution is 0.357. The first kappa shape index (κ1) is 12.0. The van der Waals surface area contributed by atoms with E-state index in [1.54, 1.807) is 0 Å². The van der Waals surface area contributed by atoms with Crippen LogP contribution in [0.15, 0.2) is 30.3 Å². The van der Waals surface area contributed by atoms with Crippen LogP contribution < -0.4 is 5.73 Å². The number of benzene rings is 1. The average Bonchev–Trinajstić information content (AvgIpc) is 2.32. The zero-order valence-corrected chi connectivity index (χ0v) is 10.7. The summed E-state index contributed by atoms with van der Waals surface area (Å²) in [5, 5.41) is 0.656. The van der Waals surface area contributed by atoms with Gasteiger partial charge in [-0.2, -0.15) is 11.8 Å². The molecule has 0 aliphatic heterocycles. The average molecular weight is 235 g/mol. The van der Waals surface area contributed by atoms with Crippen molar-refractivity contribution in [1.82, 2.24) is 0 Å². The third kappa shape index (κ3) is 3.26. The Bertz CT molecular complexity index is 312.